The maximum absolute atomic E-state index is 12.9. The average Bonchev–Trinajstić information content (AvgIpc) is 3.31. The number of anilines is 1. The van der Waals surface area contributed by atoms with Crippen molar-refractivity contribution in [1.82, 2.24) is 0 Å². The van der Waals surface area contributed by atoms with E-state index in [0.29, 0.717) is 32.1 Å². The number of ether oxygens (including phenoxy) is 1. The summed E-state index contributed by atoms with van der Waals surface area (Å²) in [5.74, 6) is 0.0118. The van der Waals surface area contributed by atoms with Gasteiger partial charge in [-0.3, -0.25) is 9.59 Å². The lowest BCUT2D eigenvalue weighted by atomic mass is 9.81. The van der Waals surface area contributed by atoms with Crippen LogP contribution in [0.3, 0.4) is 0 Å². The number of hydrogen-bond acceptors (Lipinski definition) is 3. The highest BCUT2D eigenvalue weighted by Gasteiger charge is 2.61. The number of aliphatic carboxylic acids is 1. The van der Waals surface area contributed by atoms with E-state index in [9.17, 15) is 14.7 Å². The second-order valence-electron chi connectivity index (χ2n) is 8.05. The molecule has 1 aromatic carbocycles. The Labute approximate surface area is 147 Å². The van der Waals surface area contributed by atoms with E-state index in [1.807, 2.05) is 24.3 Å². The van der Waals surface area contributed by atoms with E-state index in [-0.39, 0.29) is 12.0 Å². The maximum Gasteiger partial charge on any atom is 0.309 e. The van der Waals surface area contributed by atoms with Crippen LogP contribution in [0.5, 0.6) is 5.75 Å². The van der Waals surface area contributed by atoms with Crippen LogP contribution >= 0.6 is 0 Å². The molecule has 0 saturated heterocycles. The van der Waals surface area contributed by atoms with Gasteiger partial charge < -0.3 is 15.2 Å². The lowest BCUT2D eigenvalue weighted by Gasteiger charge is -2.25. The molecule has 5 nitrogen and oxygen atoms in total. The van der Waals surface area contributed by atoms with Gasteiger partial charge in [-0.15, -0.1) is 0 Å². The Morgan fingerprint density at radius 1 is 1.08 bits per heavy atom. The van der Waals surface area contributed by atoms with E-state index in [0.717, 1.165) is 24.3 Å². The van der Waals surface area contributed by atoms with Crippen molar-refractivity contribution in [3.05, 3.63) is 24.3 Å². The molecule has 0 atom stereocenters. The second kappa shape index (κ2) is 6.04. The third kappa shape index (κ3) is 2.90. The van der Waals surface area contributed by atoms with Gasteiger partial charge in [-0.05, 0) is 69.9 Å². The fourth-order valence-electron chi connectivity index (χ4n) is 4.91. The van der Waals surface area contributed by atoms with Gasteiger partial charge in [0.05, 0.1) is 16.9 Å². The normalized spacial score (nSPS) is 31.2. The molecule has 3 aliphatic carbocycles. The molecule has 2 N–H and O–H groups in total. The fourth-order valence-corrected chi connectivity index (χ4v) is 4.91. The molecule has 0 radical (unpaired) electrons. The zero-order valence-corrected chi connectivity index (χ0v) is 14.4. The van der Waals surface area contributed by atoms with E-state index in [2.05, 4.69) is 5.32 Å². The van der Waals surface area contributed by atoms with Crippen LogP contribution in [0, 0.1) is 10.8 Å². The van der Waals surface area contributed by atoms with Gasteiger partial charge in [0.25, 0.3) is 0 Å². The van der Waals surface area contributed by atoms with Crippen LogP contribution in [0.15, 0.2) is 24.3 Å². The minimum Gasteiger partial charge on any atom is -0.490 e. The SMILES string of the molecule is O=C(O)C12CCC(C(=O)Nc3cccc(OC4CCCC4)c3)(CC1)C2. The number of carboxylic acid groups (broad SMARTS) is 1. The van der Waals surface area contributed by atoms with Crippen LogP contribution in [0.1, 0.15) is 57.8 Å². The predicted octanol–water partition coefficient (Wildman–Crippen LogP) is 3.98. The van der Waals surface area contributed by atoms with Crippen molar-refractivity contribution in [2.45, 2.75) is 63.9 Å². The first-order valence-electron chi connectivity index (χ1n) is 9.33. The summed E-state index contributed by atoms with van der Waals surface area (Å²) in [6.45, 7) is 0. The van der Waals surface area contributed by atoms with E-state index >= 15 is 0 Å². The summed E-state index contributed by atoms with van der Waals surface area (Å²) in [5, 5.41) is 12.5. The van der Waals surface area contributed by atoms with Crippen LogP contribution in [0.25, 0.3) is 0 Å². The summed E-state index contributed by atoms with van der Waals surface area (Å²) in [7, 11) is 0. The summed E-state index contributed by atoms with van der Waals surface area (Å²) in [6, 6.07) is 7.56. The Balaban J connectivity index is 1.44. The maximum atomic E-state index is 12.9. The summed E-state index contributed by atoms with van der Waals surface area (Å²) < 4.78 is 6.00. The third-order valence-electron chi connectivity index (χ3n) is 6.47. The number of fused-ring (bicyclic) bond motifs is 2. The summed E-state index contributed by atoms with van der Waals surface area (Å²) >= 11 is 0. The monoisotopic (exact) mass is 343 g/mol. The number of carbonyl (C=O) groups is 2. The van der Waals surface area contributed by atoms with E-state index in [4.69, 9.17) is 4.74 Å². The quantitative estimate of drug-likeness (QED) is 0.848. The zero-order valence-electron chi connectivity index (χ0n) is 14.4. The van der Waals surface area contributed by atoms with Crippen LogP contribution in [-0.2, 0) is 9.59 Å². The predicted molar refractivity (Wildman–Crippen MR) is 93.5 cm³/mol. The average molecular weight is 343 g/mol. The molecule has 3 saturated carbocycles. The number of amides is 1. The summed E-state index contributed by atoms with van der Waals surface area (Å²) in [4.78, 5) is 24.4. The van der Waals surface area contributed by atoms with Gasteiger partial charge in [0, 0.05) is 11.8 Å². The van der Waals surface area contributed by atoms with E-state index in [1.54, 1.807) is 0 Å². The molecule has 1 aromatic rings. The summed E-state index contributed by atoms with van der Waals surface area (Å²) in [5.41, 5.74) is -0.458. The van der Waals surface area contributed by atoms with Gasteiger partial charge in [0.15, 0.2) is 0 Å². The first-order chi connectivity index (χ1) is 12.0. The topological polar surface area (TPSA) is 75.6 Å². The summed E-state index contributed by atoms with van der Waals surface area (Å²) in [6.07, 6.45) is 7.94. The molecule has 3 fully saturated rings. The smallest absolute Gasteiger partial charge is 0.309 e. The Morgan fingerprint density at radius 3 is 2.40 bits per heavy atom. The number of hydrogen-bond donors (Lipinski definition) is 2. The molecule has 4 rings (SSSR count). The largest absolute Gasteiger partial charge is 0.490 e. The molecular formula is C20H25NO4. The van der Waals surface area contributed by atoms with Gasteiger partial charge in [0.1, 0.15) is 5.75 Å². The van der Waals surface area contributed by atoms with Gasteiger partial charge in [0.2, 0.25) is 5.91 Å². The molecule has 1 amide bonds. The van der Waals surface area contributed by atoms with Crippen LogP contribution in [0.2, 0.25) is 0 Å². The lowest BCUT2D eigenvalue weighted by molar-refractivity contribution is -0.148. The number of carboxylic acids is 1. The second-order valence-corrected chi connectivity index (χ2v) is 8.05. The first-order valence-corrected chi connectivity index (χ1v) is 9.33. The van der Waals surface area contributed by atoms with Crippen molar-refractivity contribution < 1.29 is 19.4 Å². The Kier molecular flexibility index (Phi) is 3.97. The molecule has 0 spiro atoms. The Hall–Kier alpha value is -2.04. The fraction of sp³-hybridized carbons (Fsp3) is 0.600. The van der Waals surface area contributed by atoms with Gasteiger partial charge in [-0.1, -0.05) is 6.07 Å². The van der Waals surface area contributed by atoms with Gasteiger partial charge in [-0.2, -0.15) is 0 Å². The first kappa shape index (κ1) is 16.4. The molecule has 134 valence electrons. The van der Waals surface area contributed by atoms with Crippen LogP contribution in [0.4, 0.5) is 5.69 Å². The standard InChI is InChI=1S/C20H25NO4/c22-17(19-8-10-20(13-19,11-9-19)18(23)24)21-14-4-3-7-16(12-14)25-15-5-1-2-6-15/h3-4,7,12,15H,1-2,5-6,8-11,13H2,(H,21,22)(H,23,24). The van der Waals surface area contributed by atoms with Crippen molar-refractivity contribution >= 4 is 17.6 Å². The minimum atomic E-state index is -0.744. The number of carbonyl (C=O) groups excluding carboxylic acids is 1. The molecule has 25 heavy (non-hydrogen) atoms. The van der Waals surface area contributed by atoms with E-state index in [1.165, 1.54) is 12.8 Å². The van der Waals surface area contributed by atoms with Gasteiger partial charge >= 0.3 is 5.97 Å². The highest BCUT2D eigenvalue weighted by molar-refractivity contribution is 5.97. The molecule has 2 bridgehead atoms. The number of nitrogens with one attached hydrogen (secondary N) is 1. The third-order valence-corrected chi connectivity index (χ3v) is 6.47. The lowest BCUT2D eigenvalue weighted by Crippen LogP contribution is -2.32. The Bertz CT molecular complexity index is 685. The molecule has 5 heteroatoms. The molecule has 0 aromatic heterocycles. The number of rotatable bonds is 5. The number of benzene rings is 1. The van der Waals surface area contributed by atoms with Crippen molar-refractivity contribution in [1.29, 1.82) is 0 Å². The van der Waals surface area contributed by atoms with Crippen molar-refractivity contribution in [2.75, 3.05) is 5.32 Å². The molecular weight excluding hydrogens is 318 g/mol. The molecule has 3 aliphatic rings. The zero-order chi connectivity index (χ0) is 17.5. The van der Waals surface area contributed by atoms with E-state index < -0.39 is 16.8 Å². The highest BCUT2D eigenvalue weighted by Crippen LogP contribution is 2.62. The van der Waals surface area contributed by atoms with Gasteiger partial charge in [-0.25, -0.2) is 0 Å². The molecule has 0 unspecified atom stereocenters. The van der Waals surface area contributed by atoms with Crippen LogP contribution < -0.4 is 10.1 Å². The minimum absolute atomic E-state index is 0.0360. The van der Waals surface area contributed by atoms with Crippen molar-refractivity contribution in [3.63, 3.8) is 0 Å². The molecule has 0 aliphatic heterocycles. The van der Waals surface area contributed by atoms with Crippen molar-refractivity contribution in [3.8, 4) is 5.75 Å². The van der Waals surface area contributed by atoms with Crippen molar-refractivity contribution in [2.24, 2.45) is 10.8 Å². The molecule has 0 heterocycles. The highest BCUT2D eigenvalue weighted by atomic mass is 16.5. The van der Waals surface area contributed by atoms with Crippen LogP contribution in [-0.4, -0.2) is 23.1 Å². The Morgan fingerprint density at radius 2 is 1.76 bits per heavy atom.